The summed E-state index contributed by atoms with van der Waals surface area (Å²) < 4.78 is 0. The number of thiophene rings is 1. The van der Waals surface area contributed by atoms with Gasteiger partial charge < -0.3 is 4.90 Å². The minimum absolute atomic E-state index is 0.0691. The standard InChI is InChI=1S/C15H17NOS/c1-11-6-4-7-13(10-11)15(17)16(3)12(2)14-8-5-9-18-14/h4-10,12H,1-3H3. The molecule has 0 aliphatic carbocycles. The van der Waals surface area contributed by atoms with Crippen LogP contribution >= 0.6 is 11.3 Å². The maximum absolute atomic E-state index is 12.4. The number of hydrogen-bond acceptors (Lipinski definition) is 2. The minimum atomic E-state index is 0.0691. The summed E-state index contributed by atoms with van der Waals surface area (Å²) in [7, 11) is 1.86. The van der Waals surface area contributed by atoms with Gasteiger partial charge in [-0.05, 0) is 37.4 Å². The predicted molar refractivity (Wildman–Crippen MR) is 76.0 cm³/mol. The fourth-order valence-corrected chi connectivity index (χ4v) is 2.70. The fourth-order valence-electron chi connectivity index (χ4n) is 1.88. The van der Waals surface area contributed by atoms with E-state index >= 15 is 0 Å². The summed E-state index contributed by atoms with van der Waals surface area (Å²) in [5, 5.41) is 2.04. The van der Waals surface area contributed by atoms with E-state index in [1.807, 2.05) is 49.7 Å². The van der Waals surface area contributed by atoms with Gasteiger partial charge in [0, 0.05) is 17.5 Å². The molecule has 0 N–H and O–H groups in total. The maximum Gasteiger partial charge on any atom is 0.254 e. The molecule has 0 fully saturated rings. The van der Waals surface area contributed by atoms with Gasteiger partial charge in [0.15, 0.2) is 0 Å². The van der Waals surface area contributed by atoms with Crippen LogP contribution in [0.25, 0.3) is 0 Å². The number of hydrogen-bond donors (Lipinski definition) is 0. The zero-order valence-electron chi connectivity index (χ0n) is 10.9. The van der Waals surface area contributed by atoms with Gasteiger partial charge in [-0.3, -0.25) is 4.79 Å². The molecule has 3 heteroatoms. The lowest BCUT2D eigenvalue weighted by molar-refractivity contribution is 0.0745. The molecule has 0 saturated heterocycles. The van der Waals surface area contributed by atoms with Gasteiger partial charge in [-0.2, -0.15) is 0 Å². The lowest BCUT2D eigenvalue weighted by Gasteiger charge is -2.24. The predicted octanol–water partition coefficient (Wildman–Crippen LogP) is 3.89. The Hall–Kier alpha value is -1.61. The number of benzene rings is 1. The molecule has 1 aromatic carbocycles. The first-order chi connectivity index (χ1) is 8.59. The van der Waals surface area contributed by atoms with Crippen LogP contribution in [0.15, 0.2) is 41.8 Å². The molecule has 18 heavy (non-hydrogen) atoms. The maximum atomic E-state index is 12.4. The first kappa shape index (κ1) is 12.8. The Morgan fingerprint density at radius 2 is 2.06 bits per heavy atom. The lowest BCUT2D eigenvalue weighted by atomic mass is 10.1. The molecule has 1 unspecified atom stereocenters. The monoisotopic (exact) mass is 259 g/mol. The van der Waals surface area contributed by atoms with E-state index in [1.165, 1.54) is 4.88 Å². The van der Waals surface area contributed by atoms with Crippen LogP contribution in [0.1, 0.15) is 33.8 Å². The molecular formula is C15H17NOS. The third-order valence-electron chi connectivity index (χ3n) is 3.12. The van der Waals surface area contributed by atoms with Crippen LogP contribution in [0, 0.1) is 6.92 Å². The van der Waals surface area contributed by atoms with Crippen molar-refractivity contribution in [1.29, 1.82) is 0 Å². The Labute approximate surface area is 112 Å². The Morgan fingerprint density at radius 3 is 2.67 bits per heavy atom. The van der Waals surface area contributed by atoms with Gasteiger partial charge in [0.05, 0.1) is 6.04 Å². The molecule has 1 amide bonds. The fraction of sp³-hybridized carbons (Fsp3) is 0.267. The summed E-state index contributed by atoms with van der Waals surface area (Å²) in [4.78, 5) is 15.4. The van der Waals surface area contributed by atoms with Gasteiger partial charge in [-0.15, -0.1) is 11.3 Å². The quantitative estimate of drug-likeness (QED) is 0.819. The molecule has 0 saturated carbocycles. The summed E-state index contributed by atoms with van der Waals surface area (Å²) in [6.07, 6.45) is 0. The van der Waals surface area contributed by atoms with Crippen molar-refractivity contribution in [3.05, 3.63) is 57.8 Å². The topological polar surface area (TPSA) is 20.3 Å². The molecule has 1 atom stereocenters. The molecule has 0 aliphatic heterocycles. The SMILES string of the molecule is Cc1cccc(C(=O)N(C)C(C)c2cccs2)c1. The molecule has 0 bridgehead atoms. The van der Waals surface area contributed by atoms with Crippen molar-refractivity contribution < 1.29 is 4.79 Å². The van der Waals surface area contributed by atoms with E-state index in [9.17, 15) is 4.79 Å². The first-order valence-corrected chi connectivity index (χ1v) is 6.85. The minimum Gasteiger partial charge on any atom is -0.334 e. The molecule has 94 valence electrons. The first-order valence-electron chi connectivity index (χ1n) is 5.97. The van der Waals surface area contributed by atoms with Crippen molar-refractivity contribution in [3.8, 4) is 0 Å². The third kappa shape index (κ3) is 2.62. The summed E-state index contributed by atoms with van der Waals surface area (Å²) in [6, 6.07) is 11.9. The third-order valence-corrected chi connectivity index (χ3v) is 4.16. The summed E-state index contributed by atoms with van der Waals surface area (Å²) in [5.74, 6) is 0.0691. The number of amides is 1. The Bertz CT molecular complexity index is 533. The second kappa shape index (κ2) is 5.36. The molecule has 0 aliphatic rings. The Kier molecular flexibility index (Phi) is 3.82. The molecule has 0 spiro atoms. The van der Waals surface area contributed by atoms with Crippen molar-refractivity contribution in [2.24, 2.45) is 0 Å². The molecule has 2 nitrogen and oxygen atoms in total. The molecule has 1 aromatic heterocycles. The van der Waals surface area contributed by atoms with Gasteiger partial charge in [0.25, 0.3) is 5.91 Å². The Balaban J connectivity index is 2.19. The number of aryl methyl sites for hydroxylation is 1. The lowest BCUT2D eigenvalue weighted by Crippen LogP contribution is -2.29. The zero-order chi connectivity index (χ0) is 13.1. The van der Waals surface area contributed by atoms with Crippen LogP contribution in [0.5, 0.6) is 0 Å². The van der Waals surface area contributed by atoms with Crippen molar-refractivity contribution in [3.63, 3.8) is 0 Å². The van der Waals surface area contributed by atoms with Crippen LogP contribution in [-0.4, -0.2) is 17.9 Å². The van der Waals surface area contributed by atoms with Crippen molar-refractivity contribution in [2.75, 3.05) is 7.05 Å². The highest BCUT2D eigenvalue weighted by Gasteiger charge is 2.19. The van der Waals surface area contributed by atoms with Crippen LogP contribution in [0.3, 0.4) is 0 Å². The summed E-state index contributed by atoms with van der Waals surface area (Å²) in [5.41, 5.74) is 1.86. The summed E-state index contributed by atoms with van der Waals surface area (Å²) in [6.45, 7) is 4.05. The largest absolute Gasteiger partial charge is 0.334 e. The van der Waals surface area contributed by atoms with Gasteiger partial charge >= 0.3 is 0 Å². The average Bonchev–Trinajstić information content (AvgIpc) is 2.90. The van der Waals surface area contributed by atoms with Crippen LogP contribution in [-0.2, 0) is 0 Å². The second-order valence-electron chi connectivity index (χ2n) is 4.48. The van der Waals surface area contributed by atoms with Crippen molar-refractivity contribution in [1.82, 2.24) is 4.90 Å². The zero-order valence-corrected chi connectivity index (χ0v) is 11.7. The van der Waals surface area contributed by atoms with Crippen LogP contribution in [0.4, 0.5) is 0 Å². The van der Waals surface area contributed by atoms with Gasteiger partial charge in [0.2, 0.25) is 0 Å². The van der Waals surface area contributed by atoms with Gasteiger partial charge in [-0.25, -0.2) is 0 Å². The molecule has 0 radical (unpaired) electrons. The second-order valence-corrected chi connectivity index (χ2v) is 5.46. The highest BCUT2D eigenvalue weighted by atomic mass is 32.1. The van der Waals surface area contributed by atoms with E-state index in [1.54, 1.807) is 16.2 Å². The molecule has 2 aromatic rings. The average molecular weight is 259 g/mol. The van der Waals surface area contributed by atoms with E-state index in [2.05, 4.69) is 13.0 Å². The molecule has 1 heterocycles. The number of carbonyl (C=O) groups is 1. The highest BCUT2D eigenvalue weighted by Crippen LogP contribution is 2.24. The van der Waals surface area contributed by atoms with Crippen LogP contribution < -0.4 is 0 Å². The Morgan fingerprint density at radius 1 is 1.28 bits per heavy atom. The van der Waals surface area contributed by atoms with Crippen LogP contribution in [0.2, 0.25) is 0 Å². The van der Waals surface area contributed by atoms with E-state index < -0.39 is 0 Å². The normalized spacial score (nSPS) is 12.2. The summed E-state index contributed by atoms with van der Waals surface area (Å²) >= 11 is 1.68. The number of rotatable bonds is 3. The van der Waals surface area contributed by atoms with Gasteiger partial charge in [0.1, 0.15) is 0 Å². The molecular weight excluding hydrogens is 242 g/mol. The smallest absolute Gasteiger partial charge is 0.254 e. The van der Waals surface area contributed by atoms with Gasteiger partial charge in [-0.1, -0.05) is 23.8 Å². The van der Waals surface area contributed by atoms with E-state index in [-0.39, 0.29) is 11.9 Å². The van der Waals surface area contributed by atoms with E-state index in [4.69, 9.17) is 0 Å². The van der Waals surface area contributed by atoms with Crippen molar-refractivity contribution in [2.45, 2.75) is 19.9 Å². The van der Waals surface area contributed by atoms with Crippen molar-refractivity contribution >= 4 is 17.2 Å². The van der Waals surface area contributed by atoms with E-state index in [0.29, 0.717) is 0 Å². The highest BCUT2D eigenvalue weighted by molar-refractivity contribution is 7.10. The van der Waals surface area contributed by atoms with E-state index in [0.717, 1.165) is 11.1 Å². The molecule has 2 rings (SSSR count). The number of nitrogens with zero attached hydrogens (tertiary/aromatic N) is 1. The number of carbonyl (C=O) groups excluding carboxylic acids is 1.